The average Bonchev–Trinajstić information content (AvgIpc) is 3.49. The monoisotopic (exact) mass is 432 g/mol. The highest BCUT2D eigenvalue weighted by Crippen LogP contribution is 2.22. The minimum absolute atomic E-state index is 0.0648. The minimum atomic E-state index is -0.0648. The standard InChI is InChI=1S/C23H24N6OS/c1-17(2)18-8-10-20(11-9-18)28-16-25-27-23(28)31-15-22(30)24-14-19-6-3-4-7-21(19)29-13-5-12-26-29/h3-13,16-17H,14-15H2,1-2H3,(H,24,30). The van der Waals surface area contributed by atoms with Gasteiger partial charge in [-0.15, -0.1) is 10.2 Å². The second kappa shape index (κ2) is 9.61. The normalized spacial score (nSPS) is 11.1. The van der Waals surface area contributed by atoms with Gasteiger partial charge in [0.25, 0.3) is 0 Å². The lowest BCUT2D eigenvalue weighted by atomic mass is 10.0. The fraction of sp³-hybridized carbons (Fsp3) is 0.217. The molecule has 0 saturated heterocycles. The number of amides is 1. The number of hydrogen-bond acceptors (Lipinski definition) is 5. The molecule has 0 atom stereocenters. The van der Waals surface area contributed by atoms with Crippen molar-refractivity contribution >= 4 is 17.7 Å². The first-order chi connectivity index (χ1) is 15.1. The molecule has 1 amide bonds. The van der Waals surface area contributed by atoms with Crippen molar-refractivity contribution in [1.29, 1.82) is 0 Å². The third-order valence-corrected chi connectivity index (χ3v) is 5.85. The fourth-order valence-electron chi connectivity index (χ4n) is 3.19. The molecule has 158 valence electrons. The van der Waals surface area contributed by atoms with E-state index in [1.54, 1.807) is 17.2 Å². The molecular weight excluding hydrogens is 408 g/mol. The van der Waals surface area contributed by atoms with Crippen LogP contribution in [0.25, 0.3) is 11.4 Å². The molecule has 7 nitrogen and oxygen atoms in total. The van der Waals surface area contributed by atoms with Gasteiger partial charge in [0.05, 0.1) is 11.4 Å². The lowest BCUT2D eigenvalue weighted by Crippen LogP contribution is -2.25. The zero-order valence-electron chi connectivity index (χ0n) is 17.5. The zero-order valence-corrected chi connectivity index (χ0v) is 18.3. The summed E-state index contributed by atoms with van der Waals surface area (Å²) in [4.78, 5) is 12.5. The molecule has 4 aromatic rings. The lowest BCUT2D eigenvalue weighted by Gasteiger charge is -2.11. The first kappa shape index (κ1) is 20.9. The van der Waals surface area contributed by atoms with Crippen LogP contribution in [0.1, 0.15) is 30.9 Å². The van der Waals surface area contributed by atoms with Crippen molar-refractivity contribution in [3.8, 4) is 11.4 Å². The second-order valence-corrected chi connectivity index (χ2v) is 8.32. The highest BCUT2D eigenvalue weighted by atomic mass is 32.2. The Kier molecular flexibility index (Phi) is 6.47. The van der Waals surface area contributed by atoms with Crippen molar-refractivity contribution in [1.82, 2.24) is 29.9 Å². The van der Waals surface area contributed by atoms with E-state index in [0.29, 0.717) is 17.6 Å². The van der Waals surface area contributed by atoms with Crippen molar-refractivity contribution in [3.05, 3.63) is 84.4 Å². The highest BCUT2D eigenvalue weighted by Gasteiger charge is 2.12. The molecule has 8 heteroatoms. The summed E-state index contributed by atoms with van der Waals surface area (Å²) in [6, 6.07) is 18.1. The smallest absolute Gasteiger partial charge is 0.230 e. The van der Waals surface area contributed by atoms with Crippen LogP contribution in [0.3, 0.4) is 0 Å². The number of hydrogen-bond donors (Lipinski definition) is 1. The quantitative estimate of drug-likeness (QED) is 0.426. The van der Waals surface area contributed by atoms with Crippen molar-refractivity contribution in [3.63, 3.8) is 0 Å². The third kappa shape index (κ3) is 5.03. The predicted molar refractivity (Wildman–Crippen MR) is 122 cm³/mol. The SMILES string of the molecule is CC(C)c1ccc(-n2cnnc2SCC(=O)NCc2ccccc2-n2cccn2)cc1. The number of thioether (sulfide) groups is 1. The van der Waals surface area contributed by atoms with Gasteiger partial charge in [-0.05, 0) is 41.3 Å². The second-order valence-electron chi connectivity index (χ2n) is 7.37. The van der Waals surface area contributed by atoms with Gasteiger partial charge in [-0.25, -0.2) is 4.68 Å². The van der Waals surface area contributed by atoms with E-state index in [9.17, 15) is 4.79 Å². The van der Waals surface area contributed by atoms with Crippen LogP contribution >= 0.6 is 11.8 Å². The Bertz CT molecular complexity index is 1140. The largest absolute Gasteiger partial charge is 0.351 e. The highest BCUT2D eigenvalue weighted by molar-refractivity contribution is 7.99. The number of para-hydroxylation sites is 1. The van der Waals surface area contributed by atoms with E-state index in [0.717, 1.165) is 16.9 Å². The molecule has 31 heavy (non-hydrogen) atoms. The number of benzene rings is 2. The molecule has 4 rings (SSSR count). The van der Waals surface area contributed by atoms with Gasteiger partial charge in [0.1, 0.15) is 6.33 Å². The van der Waals surface area contributed by atoms with Gasteiger partial charge in [0.15, 0.2) is 5.16 Å². The summed E-state index contributed by atoms with van der Waals surface area (Å²) in [5.41, 5.74) is 4.20. The van der Waals surface area contributed by atoms with Gasteiger partial charge in [-0.1, -0.05) is 55.9 Å². The van der Waals surface area contributed by atoms with Gasteiger partial charge in [-0.2, -0.15) is 5.10 Å². The van der Waals surface area contributed by atoms with E-state index in [2.05, 4.69) is 58.7 Å². The summed E-state index contributed by atoms with van der Waals surface area (Å²) in [6.45, 7) is 4.76. The molecule has 2 heterocycles. The number of nitrogens with zero attached hydrogens (tertiary/aromatic N) is 5. The molecule has 0 radical (unpaired) electrons. The molecule has 1 N–H and O–H groups in total. The van der Waals surface area contributed by atoms with E-state index in [1.807, 2.05) is 41.1 Å². The van der Waals surface area contributed by atoms with Gasteiger partial charge in [-0.3, -0.25) is 9.36 Å². The fourth-order valence-corrected chi connectivity index (χ4v) is 3.95. The van der Waals surface area contributed by atoms with E-state index < -0.39 is 0 Å². The zero-order chi connectivity index (χ0) is 21.6. The number of carbonyl (C=O) groups is 1. The Hall–Kier alpha value is -3.39. The van der Waals surface area contributed by atoms with Crippen LogP contribution in [0, 0.1) is 0 Å². The average molecular weight is 433 g/mol. The Morgan fingerprint density at radius 3 is 2.65 bits per heavy atom. The molecule has 0 unspecified atom stereocenters. The lowest BCUT2D eigenvalue weighted by molar-refractivity contribution is -0.118. The summed E-state index contributed by atoms with van der Waals surface area (Å²) in [5, 5.41) is 16.1. The maximum atomic E-state index is 12.5. The van der Waals surface area contributed by atoms with Crippen LogP contribution in [-0.2, 0) is 11.3 Å². The van der Waals surface area contributed by atoms with Crippen LogP contribution < -0.4 is 5.32 Å². The van der Waals surface area contributed by atoms with Crippen LogP contribution in [-0.4, -0.2) is 36.2 Å². The van der Waals surface area contributed by atoms with Gasteiger partial charge in [0.2, 0.25) is 5.91 Å². The molecule has 0 bridgehead atoms. The van der Waals surface area contributed by atoms with E-state index in [-0.39, 0.29) is 11.7 Å². The van der Waals surface area contributed by atoms with Gasteiger partial charge < -0.3 is 5.32 Å². The van der Waals surface area contributed by atoms with E-state index in [4.69, 9.17) is 0 Å². The van der Waals surface area contributed by atoms with Crippen molar-refractivity contribution in [2.24, 2.45) is 0 Å². The summed E-state index contributed by atoms with van der Waals surface area (Å²) >= 11 is 1.36. The molecule has 0 saturated carbocycles. The first-order valence-corrected chi connectivity index (χ1v) is 11.1. The van der Waals surface area contributed by atoms with Crippen LogP contribution in [0.2, 0.25) is 0 Å². The molecule has 0 aliphatic heterocycles. The molecule has 0 aliphatic carbocycles. The van der Waals surface area contributed by atoms with Gasteiger partial charge >= 0.3 is 0 Å². The van der Waals surface area contributed by atoms with E-state index in [1.165, 1.54) is 17.3 Å². The Morgan fingerprint density at radius 2 is 1.90 bits per heavy atom. The minimum Gasteiger partial charge on any atom is -0.351 e. The number of rotatable bonds is 8. The van der Waals surface area contributed by atoms with Crippen molar-refractivity contribution in [2.75, 3.05) is 5.75 Å². The van der Waals surface area contributed by atoms with E-state index >= 15 is 0 Å². The molecule has 2 aromatic carbocycles. The van der Waals surface area contributed by atoms with Gasteiger partial charge in [0, 0.05) is 24.6 Å². The van der Waals surface area contributed by atoms with Crippen molar-refractivity contribution < 1.29 is 4.79 Å². The predicted octanol–water partition coefficient (Wildman–Crippen LogP) is 3.98. The third-order valence-electron chi connectivity index (χ3n) is 4.91. The molecule has 0 fully saturated rings. The van der Waals surface area contributed by atoms with Crippen LogP contribution in [0.5, 0.6) is 0 Å². The molecule has 0 spiro atoms. The number of nitrogens with one attached hydrogen (secondary N) is 1. The maximum absolute atomic E-state index is 12.5. The topological polar surface area (TPSA) is 77.6 Å². The summed E-state index contributed by atoms with van der Waals surface area (Å²) in [6.07, 6.45) is 5.29. The van der Waals surface area contributed by atoms with Crippen LogP contribution in [0.15, 0.2) is 78.5 Å². The van der Waals surface area contributed by atoms with Crippen molar-refractivity contribution in [2.45, 2.75) is 31.5 Å². The first-order valence-electron chi connectivity index (χ1n) is 10.1. The maximum Gasteiger partial charge on any atom is 0.230 e. The Morgan fingerprint density at radius 1 is 1.10 bits per heavy atom. The summed E-state index contributed by atoms with van der Waals surface area (Å²) in [7, 11) is 0. The Balaban J connectivity index is 1.36. The molecule has 2 aromatic heterocycles. The number of aromatic nitrogens is 5. The van der Waals surface area contributed by atoms with Crippen LogP contribution in [0.4, 0.5) is 0 Å². The summed E-state index contributed by atoms with van der Waals surface area (Å²) in [5.74, 6) is 0.670. The summed E-state index contributed by atoms with van der Waals surface area (Å²) < 4.78 is 3.69. The molecular formula is C23H24N6OS. The Labute approximate surface area is 185 Å². The molecule has 0 aliphatic rings. The number of carbonyl (C=O) groups excluding carboxylic acids is 1.